The van der Waals surface area contributed by atoms with Crippen LogP contribution in [0.4, 0.5) is 4.79 Å². The van der Waals surface area contributed by atoms with Crippen molar-refractivity contribution in [2.75, 3.05) is 12.4 Å². The zero-order valence-corrected chi connectivity index (χ0v) is 15.5. The first-order valence-corrected chi connectivity index (χ1v) is 9.49. The van der Waals surface area contributed by atoms with Gasteiger partial charge in [0.1, 0.15) is 11.4 Å². The van der Waals surface area contributed by atoms with E-state index in [-0.39, 0.29) is 22.3 Å². The molecule has 4 N–H and O–H groups in total. The highest BCUT2D eigenvalue weighted by molar-refractivity contribution is 8.22. The lowest BCUT2D eigenvalue weighted by Crippen LogP contribution is -2.60. The number of carboxylic acids is 2. The Bertz CT molecular complexity index is 665. The third-order valence-corrected chi connectivity index (χ3v) is 6.47. The molecule has 2 amide bonds. The van der Waals surface area contributed by atoms with Gasteiger partial charge in [-0.15, -0.1) is 11.8 Å². The number of nitrogens with zero attached hydrogens (tertiary/aromatic N) is 1. The molecule has 144 valence electrons. The van der Waals surface area contributed by atoms with Crippen LogP contribution in [0.3, 0.4) is 0 Å². The summed E-state index contributed by atoms with van der Waals surface area (Å²) in [6.45, 7) is 3.10. The van der Waals surface area contributed by atoms with Gasteiger partial charge in [0.25, 0.3) is 0 Å². The van der Waals surface area contributed by atoms with Crippen molar-refractivity contribution in [1.29, 1.82) is 0 Å². The number of carbonyl (C=O) groups is 4. The molecule has 0 saturated carbocycles. The van der Waals surface area contributed by atoms with Crippen LogP contribution in [-0.2, 0) is 19.1 Å². The zero-order valence-electron chi connectivity index (χ0n) is 13.9. The number of aliphatic hydroxyl groups is 1. The highest BCUT2D eigenvalue weighted by atomic mass is 32.2. The molecule has 0 aliphatic carbocycles. The van der Waals surface area contributed by atoms with Crippen LogP contribution in [0.5, 0.6) is 0 Å². The fourth-order valence-electron chi connectivity index (χ4n) is 2.50. The van der Waals surface area contributed by atoms with Gasteiger partial charge in [-0.05, 0) is 13.8 Å². The van der Waals surface area contributed by atoms with Gasteiger partial charge in [-0.25, -0.2) is 14.4 Å². The summed E-state index contributed by atoms with van der Waals surface area (Å²) in [7, 11) is 0. The Morgan fingerprint density at radius 2 is 2.04 bits per heavy atom. The van der Waals surface area contributed by atoms with E-state index in [2.05, 4.69) is 10.1 Å². The molecule has 26 heavy (non-hydrogen) atoms. The number of ether oxygens (including phenoxy) is 1. The van der Waals surface area contributed by atoms with E-state index in [4.69, 9.17) is 0 Å². The molecule has 2 aliphatic heterocycles. The van der Waals surface area contributed by atoms with E-state index in [0.717, 1.165) is 28.4 Å². The predicted molar refractivity (Wildman–Crippen MR) is 92.1 cm³/mol. The van der Waals surface area contributed by atoms with Crippen molar-refractivity contribution in [3.8, 4) is 0 Å². The van der Waals surface area contributed by atoms with Gasteiger partial charge in [0.15, 0.2) is 5.70 Å². The highest BCUT2D eigenvalue weighted by Crippen LogP contribution is 2.53. The second kappa shape index (κ2) is 8.18. The average molecular weight is 406 g/mol. The third-order valence-electron chi connectivity index (χ3n) is 3.72. The summed E-state index contributed by atoms with van der Waals surface area (Å²) in [4.78, 5) is 47.4. The SMILES string of the molecule is CCOC(=O)N[C@H](CSC1=C(C(=O)O)N2C(=O)[C@H](C(C)O)[C@H]2S1)C(=O)O. The number of fused-ring (bicyclic) bond motifs is 1. The molecule has 2 heterocycles. The lowest BCUT2D eigenvalue weighted by molar-refractivity contribution is -0.156. The smallest absolute Gasteiger partial charge is 0.407 e. The normalized spacial score (nSPS) is 23.8. The lowest BCUT2D eigenvalue weighted by atomic mass is 9.92. The Morgan fingerprint density at radius 3 is 2.54 bits per heavy atom. The van der Waals surface area contributed by atoms with Crippen LogP contribution < -0.4 is 5.32 Å². The summed E-state index contributed by atoms with van der Waals surface area (Å²) in [6, 6.07) is -1.29. The van der Waals surface area contributed by atoms with Crippen LogP contribution in [0.15, 0.2) is 9.93 Å². The summed E-state index contributed by atoms with van der Waals surface area (Å²) in [5.41, 5.74) is -0.229. The minimum Gasteiger partial charge on any atom is -0.480 e. The van der Waals surface area contributed by atoms with Gasteiger partial charge in [-0.3, -0.25) is 9.69 Å². The Labute approximate surface area is 156 Å². The number of carbonyl (C=O) groups excluding carboxylic acids is 2. The average Bonchev–Trinajstić information content (AvgIpc) is 2.85. The van der Waals surface area contributed by atoms with Crippen molar-refractivity contribution in [2.45, 2.75) is 31.4 Å². The number of aliphatic hydroxyl groups excluding tert-OH is 1. The van der Waals surface area contributed by atoms with Crippen molar-refractivity contribution in [1.82, 2.24) is 10.2 Å². The zero-order chi connectivity index (χ0) is 19.6. The van der Waals surface area contributed by atoms with Crippen LogP contribution in [-0.4, -0.2) is 74.0 Å². The molecule has 12 heteroatoms. The first-order valence-electron chi connectivity index (χ1n) is 7.63. The van der Waals surface area contributed by atoms with Crippen LogP contribution >= 0.6 is 23.5 Å². The van der Waals surface area contributed by atoms with Crippen molar-refractivity contribution in [2.24, 2.45) is 5.92 Å². The van der Waals surface area contributed by atoms with E-state index >= 15 is 0 Å². The maximum Gasteiger partial charge on any atom is 0.407 e. The Kier molecular flexibility index (Phi) is 6.42. The van der Waals surface area contributed by atoms with Gasteiger partial charge in [0, 0.05) is 5.75 Å². The summed E-state index contributed by atoms with van der Waals surface area (Å²) < 4.78 is 4.90. The predicted octanol–water partition coefficient (Wildman–Crippen LogP) is 0.0847. The molecule has 0 bridgehead atoms. The number of β-lactam (4-membered cyclic amide) rings is 1. The first kappa shape index (κ1) is 20.4. The van der Waals surface area contributed by atoms with Gasteiger partial charge in [0.2, 0.25) is 5.91 Å². The van der Waals surface area contributed by atoms with Crippen molar-refractivity contribution in [3.63, 3.8) is 0 Å². The van der Waals surface area contributed by atoms with Crippen molar-refractivity contribution < 1.29 is 39.2 Å². The number of carboxylic acid groups (broad SMARTS) is 2. The summed E-state index contributed by atoms with van der Waals surface area (Å²) in [5, 5.41) is 29.9. The molecule has 2 aliphatic rings. The fraction of sp³-hybridized carbons (Fsp3) is 0.571. The quantitative estimate of drug-likeness (QED) is 0.408. The van der Waals surface area contributed by atoms with Gasteiger partial charge in [0.05, 0.1) is 22.9 Å². The molecular weight excluding hydrogens is 388 g/mol. The van der Waals surface area contributed by atoms with E-state index in [1.807, 2.05) is 0 Å². The number of thioether (sulfide) groups is 2. The summed E-state index contributed by atoms with van der Waals surface area (Å²) >= 11 is 2.01. The fourth-order valence-corrected chi connectivity index (χ4v) is 5.46. The highest BCUT2D eigenvalue weighted by Gasteiger charge is 2.57. The number of rotatable bonds is 8. The molecule has 10 nitrogen and oxygen atoms in total. The molecule has 4 atom stereocenters. The second-order valence-electron chi connectivity index (χ2n) is 5.49. The Balaban J connectivity index is 2.10. The largest absolute Gasteiger partial charge is 0.480 e. The van der Waals surface area contributed by atoms with E-state index in [0.29, 0.717) is 0 Å². The van der Waals surface area contributed by atoms with Crippen LogP contribution in [0.1, 0.15) is 13.8 Å². The van der Waals surface area contributed by atoms with Crippen molar-refractivity contribution >= 4 is 47.5 Å². The van der Waals surface area contributed by atoms with Gasteiger partial charge < -0.3 is 25.4 Å². The van der Waals surface area contributed by atoms with Gasteiger partial charge in [-0.1, -0.05) is 11.8 Å². The van der Waals surface area contributed by atoms with E-state index in [9.17, 15) is 34.5 Å². The minimum atomic E-state index is -1.31. The molecule has 1 unspecified atom stereocenters. The lowest BCUT2D eigenvalue weighted by Gasteiger charge is -2.43. The molecule has 0 aromatic rings. The number of hydrogen-bond acceptors (Lipinski definition) is 8. The number of hydrogen-bond donors (Lipinski definition) is 4. The first-order chi connectivity index (χ1) is 12.2. The monoisotopic (exact) mass is 406 g/mol. The third kappa shape index (κ3) is 3.91. The maximum absolute atomic E-state index is 12.1. The Hall–Kier alpha value is -1.92. The molecular formula is C14H18N2O8S2. The second-order valence-corrected chi connectivity index (χ2v) is 7.91. The van der Waals surface area contributed by atoms with E-state index in [1.54, 1.807) is 6.92 Å². The molecule has 2 rings (SSSR count). The summed E-state index contributed by atoms with van der Waals surface area (Å²) in [5.74, 6) is -3.95. The standard InChI is InChI=1S/C14H18N2O8S2/c1-3-24-14(23)15-6(11(19)20)4-25-13-8(12(21)22)16-9(18)7(5(2)17)10(16)26-13/h5-7,10,17H,3-4H2,1-2H3,(H,15,23)(H,19,20)(H,21,22)/t5?,6-,7+,10-/m1/s1. The molecule has 0 aromatic heterocycles. The number of alkyl carbamates (subject to hydrolysis) is 1. The molecule has 0 radical (unpaired) electrons. The van der Waals surface area contributed by atoms with Gasteiger partial charge in [-0.2, -0.15) is 0 Å². The van der Waals surface area contributed by atoms with Gasteiger partial charge >= 0.3 is 18.0 Å². The van der Waals surface area contributed by atoms with Crippen LogP contribution in [0, 0.1) is 5.92 Å². The van der Waals surface area contributed by atoms with Crippen molar-refractivity contribution in [3.05, 3.63) is 9.93 Å². The topological polar surface area (TPSA) is 153 Å². The number of nitrogens with one attached hydrogen (secondary N) is 1. The number of amides is 2. The van der Waals surface area contributed by atoms with Crippen LogP contribution in [0.2, 0.25) is 0 Å². The summed E-state index contributed by atoms with van der Waals surface area (Å²) in [6.07, 6.45) is -1.81. The molecule has 1 saturated heterocycles. The number of aliphatic carboxylic acids is 2. The Morgan fingerprint density at radius 1 is 1.38 bits per heavy atom. The minimum absolute atomic E-state index is 0.0783. The van der Waals surface area contributed by atoms with E-state index < -0.39 is 47.4 Å². The van der Waals surface area contributed by atoms with Crippen LogP contribution in [0.25, 0.3) is 0 Å². The molecule has 0 aromatic carbocycles. The molecule has 0 spiro atoms. The molecule has 1 fully saturated rings. The van der Waals surface area contributed by atoms with E-state index in [1.165, 1.54) is 6.92 Å². The maximum atomic E-state index is 12.1.